The van der Waals surface area contributed by atoms with Gasteiger partial charge >= 0.3 is 0 Å². The van der Waals surface area contributed by atoms with Crippen LogP contribution >= 0.6 is 0 Å². The molecule has 0 unspecified atom stereocenters. The van der Waals surface area contributed by atoms with E-state index in [2.05, 4.69) is 5.32 Å². The molecule has 0 aliphatic carbocycles. The standard InChI is InChI=1S/C26H21F2NO2/c27-21-5-13-25(14-6-21)30-23-9-1-19(2-10-23)17-29-18-20-3-11-24(12-4-20)31-26-15-7-22(28)8-16-26/h1-16,29H,17-18H2. The van der Waals surface area contributed by atoms with E-state index in [0.29, 0.717) is 36.1 Å². The van der Waals surface area contributed by atoms with Crippen molar-refractivity contribution in [1.82, 2.24) is 5.32 Å². The minimum absolute atomic E-state index is 0.288. The van der Waals surface area contributed by atoms with Crippen molar-refractivity contribution in [2.24, 2.45) is 0 Å². The zero-order valence-electron chi connectivity index (χ0n) is 16.7. The van der Waals surface area contributed by atoms with Gasteiger partial charge in [0.2, 0.25) is 0 Å². The van der Waals surface area contributed by atoms with Crippen molar-refractivity contribution in [2.45, 2.75) is 13.1 Å². The Hall–Kier alpha value is -3.70. The van der Waals surface area contributed by atoms with Gasteiger partial charge in [-0.2, -0.15) is 0 Å². The summed E-state index contributed by atoms with van der Waals surface area (Å²) < 4.78 is 37.3. The van der Waals surface area contributed by atoms with Gasteiger partial charge in [-0.25, -0.2) is 8.78 Å². The number of halogens is 2. The van der Waals surface area contributed by atoms with Crippen LogP contribution in [0, 0.1) is 11.6 Å². The summed E-state index contributed by atoms with van der Waals surface area (Å²) in [7, 11) is 0. The molecule has 4 aromatic rings. The molecule has 3 nitrogen and oxygen atoms in total. The zero-order valence-corrected chi connectivity index (χ0v) is 16.7. The Morgan fingerprint density at radius 3 is 1.06 bits per heavy atom. The molecule has 0 aliphatic rings. The molecule has 0 fully saturated rings. The predicted molar refractivity (Wildman–Crippen MR) is 116 cm³/mol. The largest absolute Gasteiger partial charge is 0.457 e. The van der Waals surface area contributed by atoms with Crippen LogP contribution in [-0.2, 0) is 13.1 Å². The van der Waals surface area contributed by atoms with Gasteiger partial charge in [0.15, 0.2) is 0 Å². The van der Waals surface area contributed by atoms with Gasteiger partial charge in [0.25, 0.3) is 0 Å². The van der Waals surface area contributed by atoms with Crippen molar-refractivity contribution >= 4 is 0 Å². The predicted octanol–water partition coefficient (Wildman–Crippen LogP) is 6.84. The fourth-order valence-corrected chi connectivity index (χ4v) is 2.98. The lowest BCUT2D eigenvalue weighted by molar-refractivity contribution is 0.480. The quantitative estimate of drug-likeness (QED) is 0.340. The molecule has 0 heterocycles. The van der Waals surface area contributed by atoms with E-state index in [1.54, 1.807) is 24.3 Å². The molecule has 0 aromatic heterocycles. The summed E-state index contributed by atoms with van der Waals surface area (Å²) in [4.78, 5) is 0. The number of ether oxygens (including phenoxy) is 2. The Balaban J connectivity index is 1.24. The molecule has 0 aliphatic heterocycles. The molecule has 0 radical (unpaired) electrons. The maximum atomic E-state index is 13.0. The highest BCUT2D eigenvalue weighted by molar-refractivity contribution is 5.34. The third-order valence-corrected chi connectivity index (χ3v) is 4.60. The van der Waals surface area contributed by atoms with Crippen LogP contribution in [-0.4, -0.2) is 0 Å². The maximum absolute atomic E-state index is 13.0. The van der Waals surface area contributed by atoms with Crippen molar-refractivity contribution in [3.63, 3.8) is 0 Å². The lowest BCUT2D eigenvalue weighted by atomic mass is 10.2. The fourth-order valence-electron chi connectivity index (χ4n) is 2.98. The molecule has 31 heavy (non-hydrogen) atoms. The first-order valence-corrected chi connectivity index (χ1v) is 9.89. The van der Waals surface area contributed by atoms with Crippen LogP contribution in [0.25, 0.3) is 0 Å². The van der Waals surface area contributed by atoms with Crippen molar-refractivity contribution in [3.8, 4) is 23.0 Å². The van der Waals surface area contributed by atoms with Crippen LogP contribution in [0.5, 0.6) is 23.0 Å². The van der Waals surface area contributed by atoms with E-state index in [9.17, 15) is 8.78 Å². The van der Waals surface area contributed by atoms with Crippen LogP contribution < -0.4 is 14.8 Å². The van der Waals surface area contributed by atoms with Crippen molar-refractivity contribution < 1.29 is 18.3 Å². The molecule has 0 bridgehead atoms. The van der Waals surface area contributed by atoms with Gasteiger partial charge < -0.3 is 14.8 Å². The number of rotatable bonds is 8. The van der Waals surface area contributed by atoms with Crippen LogP contribution in [0.2, 0.25) is 0 Å². The number of hydrogen-bond donors (Lipinski definition) is 1. The highest BCUT2D eigenvalue weighted by atomic mass is 19.1. The van der Waals surface area contributed by atoms with Crippen LogP contribution in [0.15, 0.2) is 97.1 Å². The minimum Gasteiger partial charge on any atom is -0.457 e. The molecule has 0 spiro atoms. The van der Waals surface area contributed by atoms with E-state index in [1.807, 2.05) is 48.5 Å². The zero-order chi connectivity index (χ0) is 21.5. The molecule has 5 heteroatoms. The molecule has 156 valence electrons. The van der Waals surface area contributed by atoms with Gasteiger partial charge in [0.1, 0.15) is 34.6 Å². The summed E-state index contributed by atoms with van der Waals surface area (Å²) in [6.07, 6.45) is 0. The third kappa shape index (κ3) is 6.14. The van der Waals surface area contributed by atoms with E-state index in [0.717, 1.165) is 11.1 Å². The first-order valence-electron chi connectivity index (χ1n) is 9.89. The second kappa shape index (κ2) is 9.87. The second-order valence-corrected chi connectivity index (χ2v) is 7.00. The Labute approximate surface area is 179 Å². The number of hydrogen-bond acceptors (Lipinski definition) is 3. The van der Waals surface area contributed by atoms with E-state index in [4.69, 9.17) is 9.47 Å². The Kier molecular flexibility index (Phi) is 6.55. The Morgan fingerprint density at radius 1 is 0.452 bits per heavy atom. The second-order valence-electron chi connectivity index (χ2n) is 7.00. The van der Waals surface area contributed by atoms with Gasteiger partial charge in [0, 0.05) is 13.1 Å². The van der Waals surface area contributed by atoms with Crippen LogP contribution in [0.4, 0.5) is 8.78 Å². The highest BCUT2D eigenvalue weighted by Crippen LogP contribution is 2.23. The van der Waals surface area contributed by atoms with E-state index < -0.39 is 0 Å². The average molecular weight is 417 g/mol. The molecule has 0 saturated heterocycles. The van der Waals surface area contributed by atoms with E-state index in [-0.39, 0.29) is 11.6 Å². The van der Waals surface area contributed by atoms with Gasteiger partial charge in [-0.15, -0.1) is 0 Å². The van der Waals surface area contributed by atoms with Crippen LogP contribution in [0.1, 0.15) is 11.1 Å². The normalized spacial score (nSPS) is 10.6. The van der Waals surface area contributed by atoms with Crippen molar-refractivity contribution in [2.75, 3.05) is 0 Å². The van der Waals surface area contributed by atoms with Crippen molar-refractivity contribution in [1.29, 1.82) is 0 Å². The lowest BCUT2D eigenvalue weighted by Gasteiger charge is -2.09. The fraction of sp³-hybridized carbons (Fsp3) is 0.0769. The monoisotopic (exact) mass is 417 g/mol. The summed E-state index contributed by atoms with van der Waals surface area (Å²) >= 11 is 0. The molecule has 0 atom stereocenters. The van der Waals surface area contributed by atoms with Gasteiger partial charge in [0.05, 0.1) is 0 Å². The third-order valence-electron chi connectivity index (χ3n) is 4.60. The first-order chi connectivity index (χ1) is 15.1. The Morgan fingerprint density at radius 2 is 0.742 bits per heavy atom. The van der Waals surface area contributed by atoms with E-state index in [1.165, 1.54) is 24.3 Å². The maximum Gasteiger partial charge on any atom is 0.127 e. The Bertz CT molecular complexity index is 1000. The molecular formula is C26H21F2NO2. The summed E-state index contributed by atoms with van der Waals surface area (Å²) in [6, 6.07) is 27.4. The summed E-state index contributed by atoms with van der Waals surface area (Å²) in [5.41, 5.74) is 2.26. The van der Waals surface area contributed by atoms with Gasteiger partial charge in [-0.1, -0.05) is 24.3 Å². The summed E-state index contributed by atoms with van der Waals surface area (Å²) in [5, 5.41) is 3.40. The topological polar surface area (TPSA) is 30.5 Å². The smallest absolute Gasteiger partial charge is 0.127 e. The first kappa shape index (κ1) is 20.6. The summed E-state index contributed by atoms with van der Waals surface area (Å²) in [5.74, 6) is 2.02. The van der Waals surface area contributed by atoms with Crippen LogP contribution in [0.3, 0.4) is 0 Å². The molecule has 4 aromatic carbocycles. The molecule has 0 amide bonds. The van der Waals surface area contributed by atoms with Gasteiger partial charge in [-0.3, -0.25) is 0 Å². The molecule has 1 N–H and O–H groups in total. The highest BCUT2D eigenvalue weighted by Gasteiger charge is 2.01. The number of nitrogens with one attached hydrogen (secondary N) is 1. The average Bonchev–Trinajstić information content (AvgIpc) is 2.79. The van der Waals surface area contributed by atoms with Gasteiger partial charge in [-0.05, 0) is 83.9 Å². The lowest BCUT2D eigenvalue weighted by Crippen LogP contribution is -2.12. The molecule has 4 rings (SSSR count). The SMILES string of the molecule is Fc1ccc(Oc2ccc(CNCc3ccc(Oc4ccc(F)cc4)cc3)cc2)cc1. The number of benzene rings is 4. The minimum atomic E-state index is -0.288. The molecule has 0 saturated carbocycles. The molecular weight excluding hydrogens is 396 g/mol. The van der Waals surface area contributed by atoms with Crippen molar-refractivity contribution in [3.05, 3.63) is 120 Å². The summed E-state index contributed by atoms with van der Waals surface area (Å²) in [6.45, 7) is 1.43. The van der Waals surface area contributed by atoms with E-state index >= 15 is 0 Å².